The molecular weight excluding hydrogens is 260 g/mol. The van der Waals surface area contributed by atoms with Gasteiger partial charge in [-0.05, 0) is 18.6 Å². The maximum Gasteiger partial charge on any atom is 0.337 e. The number of hydrogen-bond acceptors (Lipinski definition) is 3. The normalized spacial score (nSPS) is 15.6. The lowest BCUT2D eigenvalue weighted by molar-refractivity contribution is 0.0697. The first-order valence-corrected chi connectivity index (χ1v) is 6.54. The Labute approximate surface area is 117 Å². The van der Waals surface area contributed by atoms with Crippen molar-refractivity contribution in [2.75, 3.05) is 38.3 Å². The molecule has 2 rings (SSSR count). The molecule has 0 radical (unpaired) electrons. The van der Waals surface area contributed by atoms with E-state index in [0.29, 0.717) is 32.0 Å². The first kappa shape index (κ1) is 14.3. The number of carboxylic acids is 1. The summed E-state index contributed by atoms with van der Waals surface area (Å²) in [6, 6.07) is 6.29. The van der Waals surface area contributed by atoms with Crippen molar-refractivity contribution in [3.05, 3.63) is 29.8 Å². The number of hydrogen-bond donors (Lipinski definition) is 1. The number of carbonyl (C=O) groups is 2. The topological polar surface area (TPSA) is 70.1 Å². The highest BCUT2D eigenvalue weighted by molar-refractivity contribution is 6.01. The molecule has 1 saturated heterocycles. The molecule has 2 amide bonds. The van der Waals surface area contributed by atoms with Crippen molar-refractivity contribution in [1.82, 2.24) is 4.90 Å². The molecule has 1 heterocycles. The lowest BCUT2D eigenvalue weighted by atomic mass is 10.1. The number of benzene rings is 1. The smallest absolute Gasteiger partial charge is 0.337 e. The van der Waals surface area contributed by atoms with Gasteiger partial charge in [-0.1, -0.05) is 12.1 Å². The van der Waals surface area contributed by atoms with Gasteiger partial charge in [0.15, 0.2) is 0 Å². The zero-order valence-corrected chi connectivity index (χ0v) is 11.4. The van der Waals surface area contributed by atoms with Gasteiger partial charge in [0.25, 0.3) is 0 Å². The molecule has 108 valence electrons. The summed E-state index contributed by atoms with van der Waals surface area (Å²) in [5.74, 6) is -1.04. The molecular formula is C14H18N2O4. The van der Waals surface area contributed by atoms with Crippen molar-refractivity contribution in [2.24, 2.45) is 0 Å². The first-order chi connectivity index (χ1) is 9.61. The van der Waals surface area contributed by atoms with Crippen molar-refractivity contribution in [3.63, 3.8) is 0 Å². The summed E-state index contributed by atoms with van der Waals surface area (Å²) in [4.78, 5) is 26.7. The molecule has 0 aromatic heterocycles. The monoisotopic (exact) mass is 278 g/mol. The number of aromatic carboxylic acids is 1. The van der Waals surface area contributed by atoms with E-state index >= 15 is 0 Å². The van der Waals surface area contributed by atoms with Gasteiger partial charge in [0.1, 0.15) is 0 Å². The van der Waals surface area contributed by atoms with Gasteiger partial charge in [0, 0.05) is 26.7 Å². The Morgan fingerprint density at radius 3 is 2.75 bits per heavy atom. The second kappa shape index (κ2) is 6.38. The van der Waals surface area contributed by atoms with E-state index in [2.05, 4.69) is 0 Å². The molecule has 1 aliphatic rings. The van der Waals surface area contributed by atoms with Crippen LogP contribution in [-0.4, -0.2) is 55.4 Å². The molecule has 1 fully saturated rings. The molecule has 1 aliphatic heterocycles. The van der Waals surface area contributed by atoms with Gasteiger partial charge in [-0.15, -0.1) is 0 Å². The Morgan fingerprint density at radius 2 is 2.00 bits per heavy atom. The third kappa shape index (κ3) is 3.08. The van der Waals surface area contributed by atoms with Crippen LogP contribution in [0.15, 0.2) is 24.3 Å². The van der Waals surface area contributed by atoms with Gasteiger partial charge in [0.2, 0.25) is 0 Å². The van der Waals surface area contributed by atoms with Crippen LogP contribution in [0.5, 0.6) is 0 Å². The van der Waals surface area contributed by atoms with Crippen LogP contribution in [-0.2, 0) is 4.74 Å². The number of carboxylic acid groups (broad SMARTS) is 1. The van der Waals surface area contributed by atoms with E-state index in [9.17, 15) is 14.7 Å². The Balaban J connectivity index is 2.19. The van der Waals surface area contributed by atoms with E-state index in [1.165, 1.54) is 11.0 Å². The number of anilines is 1. The summed E-state index contributed by atoms with van der Waals surface area (Å²) in [5, 5.41) is 9.18. The van der Waals surface area contributed by atoms with E-state index in [1.807, 2.05) is 0 Å². The highest BCUT2D eigenvalue weighted by atomic mass is 16.5. The maximum atomic E-state index is 12.4. The van der Waals surface area contributed by atoms with Crippen molar-refractivity contribution >= 4 is 17.7 Å². The zero-order valence-electron chi connectivity index (χ0n) is 11.4. The predicted molar refractivity (Wildman–Crippen MR) is 74.2 cm³/mol. The molecule has 0 unspecified atom stereocenters. The fraction of sp³-hybridized carbons (Fsp3) is 0.429. The molecule has 0 saturated carbocycles. The summed E-state index contributed by atoms with van der Waals surface area (Å²) in [5.41, 5.74) is 0.518. The summed E-state index contributed by atoms with van der Waals surface area (Å²) < 4.78 is 5.32. The third-order valence-corrected chi connectivity index (χ3v) is 3.28. The summed E-state index contributed by atoms with van der Waals surface area (Å²) in [6.07, 6.45) is 0.792. The number of rotatable bonds is 2. The van der Waals surface area contributed by atoms with Crippen LogP contribution >= 0.6 is 0 Å². The van der Waals surface area contributed by atoms with Crippen LogP contribution in [0.1, 0.15) is 16.8 Å². The molecule has 1 aromatic rings. The largest absolute Gasteiger partial charge is 0.478 e. The minimum absolute atomic E-state index is 0.120. The van der Waals surface area contributed by atoms with Crippen LogP contribution in [0.4, 0.5) is 10.5 Å². The van der Waals surface area contributed by atoms with Crippen LogP contribution in [0.25, 0.3) is 0 Å². The van der Waals surface area contributed by atoms with Crippen LogP contribution in [0, 0.1) is 0 Å². The predicted octanol–water partition coefficient (Wildman–Crippen LogP) is 1.66. The van der Waals surface area contributed by atoms with Crippen LogP contribution in [0.2, 0.25) is 0 Å². The fourth-order valence-corrected chi connectivity index (χ4v) is 2.20. The number of urea groups is 1. The van der Waals surface area contributed by atoms with Gasteiger partial charge < -0.3 is 14.7 Å². The molecule has 1 N–H and O–H groups in total. The number of para-hydroxylation sites is 1. The maximum absolute atomic E-state index is 12.4. The Hall–Kier alpha value is -2.08. The van der Waals surface area contributed by atoms with E-state index in [1.54, 1.807) is 30.1 Å². The Morgan fingerprint density at radius 1 is 1.25 bits per heavy atom. The number of ether oxygens (including phenoxy) is 1. The van der Waals surface area contributed by atoms with Crippen LogP contribution in [0.3, 0.4) is 0 Å². The van der Waals surface area contributed by atoms with Gasteiger partial charge in [-0.2, -0.15) is 0 Å². The molecule has 1 aromatic carbocycles. The highest BCUT2D eigenvalue weighted by Gasteiger charge is 2.23. The third-order valence-electron chi connectivity index (χ3n) is 3.28. The molecule has 0 bridgehead atoms. The van der Waals surface area contributed by atoms with Gasteiger partial charge in [-0.25, -0.2) is 9.59 Å². The standard InChI is InChI=1S/C14H18N2O4/c1-15(12-6-3-2-5-11(12)13(17)18)14(19)16-7-4-9-20-10-8-16/h2-3,5-6H,4,7-10H2,1H3,(H,17,18). The summed E-state index contributed by atoms with van der Waals surface area (Å²) in [6.45, 7) is 2.32. The molecule has 20 heavy (non-hydrogen) atoms. The average molecular weight is 278 g/mol. The Kier molecular flexibility index (Phi) is 4.57. The SMILES string of the molecule is CN(C(=O)N1CCCOCC1)c1ccccc1C(=O)O. The number of nitrogens with zero attached hydrogens (tertiary/aromatic N) is 2. The van der Waals surface area contributed by atoms with Crippen LogP contribution < -0.4 is 4.90 Å². The van der Waals surface area contributed by atoms with Crippen molar-refractivity contribution in [3.8, 4) is 0 Å². The second-order valence-corrected chi connectivity index (χ2v) is 4.62. The van der Waals surface area contributed by atoms with Gasteiger partial charge in [0.05, 0.1) is 17.9 Å². The van der Waals surface area contributed by atoms with Crippen molar-refractivity contribution < 1.29 is 19.4 Å². The summed E-state index contributed by atoms with van der Waals surface area (Å²) in [7, 11) is 1.59. The minimum atomic E-state index is -1.04. The minimum Gasteiger partial charge on any atom is -0.478 e. The van der Waals surface area contributed by atoms with E-state index in [0.717, 1.165) is 6.42 Å². The molecule has 0 aliphatic carbocycles. The zero-order chi connectivity index (χ0) is 14.5. The number of amides is 2. The Bertz CT molecular complexity index is 496. The van der Waals surface area contributed by atoms with Crippen molar-refractivity contribution in [1.29, 1.82) is 0 Å². The first-order valence-electron chi connectivity index (χ1n) is 6.54. The van der Waals surface area contributed by atoms with E-state index < -0.39 is 5.97 Å². The van der Waals surface area contributed by atoms with Gasteiger partial charge in [-0.3, -0.25) is 4.90 Å². The lowest BCUT2D eigenvalue weighted by Crippen LogP contribution is -2.43. The van der Waals surface area contributed by atoms with E-state index in [-0.39, 0.29) is 11.6 Å². The fourth-order valence-electron chi connectivity index (χ4n) is 2.20. The second-order valence-electron chi connectivity index (χ2n) is 4.62. The molecule has 0 atom stereocenters. The molecule has 6 nitrogen and oxygen atoms in total. The highest BCUT2D eigenvalue weighted by Crippen LogP contribution is 2.20. The molecule has 6 heteroatoms. The van der Waals surface area contributed by atoms with Gasteiger partial charge >= 0.3 is 12.0 Å². The molecule has 0 spiro atoms. The van der Waals surface area contributed by atoms with E-state index in [4.69, 9.17) is 4.74 Å². The summed E-state index contributed by atoms with van der Waals surface area (Å²) >= 11 is 0. The number of carbonyl (C=O) groups excluding carboxylic acids is 1. The quantitative estimate of drug-likeness (QED) is 0.893. The van der Waals surface area contributed by atoms with Crippen molar-refractivity contribution in [2.45, 2.75) is 6.42 Å². The lowest BCUT2D eigenvalue weighted by Gasteiger charge is -2.27. The average Bonchev–Trinajstić information content (AvgIpc) is 2.74.